The molecule has 0 bridgehead atoms. The highest BCUT2D eigenvalue weighted by Gasteiger charge is 1.94. The number of terminal acetylenes is 1. The molecule has 0 saturated heterocycles. The summed E-state index contributed by atoms with van der Waals surface area (Å²) < 4.78 is 0. The van der Waals surface area contributed by atoms with E-state index in [1.165, 1.54) is 12.8 Å². The fraction of sp³-hybridized carbons (Fsp3) is 0.333. The zero-order chi connectivity index (χ0) is 11.1. The van der Waals surface area contributed by atoms with Gasteiger partial charge in [0.1, 0.15) is 0 Å². The lowest BCUT2D eigenvalue weighted by atomic mass is 10.1. The molecule has 0 aliphatic rings. The summed E-state index contributed by atoms with van der Waals surface area (Å²) in [6, 6.07) is 5.99. The summed E-state index contributed by atoms with van der Waals surface area (Å²) >= 11 is 0. The van der Waals surface area contributed by atoms with Gasteiger partial charge in [-0.15, -0.1) is 6.42 Å². The van der Waals surface area contributed by atoms with Crippen LogP contribution in [0.1, 0.15) is 42.9 Å². The number of aryl methyl sites for hydroxylation is 1. The van der Waals surface area contributed by atoms with Crippen LogP contribution in [0.4, 0.5) is 0 Å². The van der Waals surface area contributed by atoms with Crippen molar-refractivity contribution in [2.75, 3.05) is 0 Å². The van der Waals surface area contributed by atoms with E-state index in [1.54, 1.807) is 0 Å². The van der Waals surface area contributed by atoms with Crippen LogP contribution >= 0.6 is 0 Å². The zero-order valence-electron chi connectivity index (χ0n) is 9.43. The third kappa shape index (κ3) is 3.53. The number of unbranched alkanes of at least 4 members (excludes halogenated alkanes) is 2. The van der Waals surface area contributed by atoms with E-state index in [0.717, 1.165) is 23.1 Å². The zero-order valence-corrected chi connectivity index (χ0v) is 9.43. The first-order chi connectivity index (χ1) is 7.27. The van der Waals surface area contributed by atoms with Crippen molar-refractivity contribution in [1.29, 1.82) is 0 Å². The molecule has 0 nitrogen and oxygen atoms in total. The van der Waals surface area contributed by atoms with Gasteiger partial charge in [0.05, 0.1) is 0 Å². The molecule has 0 saturated carbocycles. The van der Waals surface area contributed by atoms with Crippen LogP contribution in [0.25, 0.3) is 0 Å². The molecule has 1 aromatic carbocycles. The van der Waals surface area contributed by atoms with Crippen LogP contribution in [0, 0.1) is 31.1 Å². The van der Waals surface area contributed by atoms with Crippen molar-refractivity contribution >= 4 is 0 Å². The number of hydrogen-bond acceptors (Lipinski definition) is 0. The lowest BCUT2D eigenvalue weighted by Gasteiger charge is -1.98. The Hall–Kier alpha value is -1.66. The van der Waals surface area contributed by atoms with E-state index >= 15 is 0 Å². The molecule has 0 N–H and O–H groups in total. The van der Waals surface area contributed by atoms with E-state index in [9.17, 15) is 0 Å². The Morgan fingerprint density at radius 2 is 2.13 bits per heavy atom. The van der Waals surface area contributed by atoms with Gasteiger partial charge in [0.25, 0.3) is 0 Å². The van der Waals surface area contributed by atoms with Crippen LogP contribution in [0.2, 0.25) is 0 Å². The lowest BCUT2D eigenvalue weighted by molar-refractivity contribution is 0.828. The normalized spacial score (nSPS) is 8.87. The maximum absolute atomic E-state index is 5.35. The molecule has 0 aromatic heterocycles. The Kier molecular flexibility index (Phi) is 4.52. The van der Waals surface area contributed by atoms with E-state index in [-0.39, 0.29) is 0 Å². The standard InChI is InChI=1S/C15H16/c1-4-6-7-8-9-14-10-11-15(5-2)13(3)12-14/h2,10-12H,4,6-7H2,1,3H3. The summed E-state index contributed by atoms with van der Waals surface area (Å²) in [4.78, 5) is 0. The average molecular weight is 196 g/mol. The maximum Gasteiger partial charge on any atom is 0.0272 e. The van der Waals surface area contributed by atoms with Crippen molar-refractivity contribution in [2.45, 2.75) is 33.1 Å². The van der Waals surface area contributed by atoms with Crippen LogP contribution in [0.15, 0.2) is 18.2 Å². The average Bonchev–Trinajstić information content (AvgIpc) is 2.25. The largest absolute Gasteiger partial charge is 0.115 e. The molecule has 0 heterocycles. The topological polar surface area (TPSA) is 0 Å². The van der Waals surface area contributed by atoms with Gasteiger partial charge in [0, 0.05) is 17.5 Å². The molecule has 0 spiro atoms. The Labute approximate surface area is 92.7 Å². The molecular weight excluding hydrogens is 180 g/mol. The number of benzene rings is 1. The van der Waals surface area contributed by atoms with Crippen LogP contribution < -0.4 is 0 Å². The molecule has 76 valence electrons. The van der Waals surface area contributed by atoms with Crippen LogP contribution in [0.3, 0.4) is 0 Å². The van der Waals surface area contributed by atoms with Crippen molar-refractivity contribution in [3.05, 3.63) is 34.9 Å². The molecule has 0 unspecified atom stereocenters. The molecular formula is C15H16. The van der Waals surface area contributed by atoms with Crippen LogP contribution in [0.5, 0.6) is 0 Å². The third-order valence-corrected chi connectivity index (χ3v) is 2.27. The van der Waals surface area contributed by atoms with Gasteiger partial charge < -0.3 is 0 Å². The highest BCUT2D eigenvalue weighted by atomic mass is 14.0. The van der Waals surface area contributed by atoms with Crippen LogP contribution in [-0.4, -0.2) is 0 Å². The SMILES string of the molecule is C#Cc1ccc(C#CCCCC)cc1C. The Bertz CT molecular complexity index is 422. The predicted octanol–water partition coefficient (Wildman–Crippen LogP) is 3.52. The van der Waals surface area contributed by atoms with E-state index < -0.39 is 0 Å². The fourth-order valence-corrected chi connectivity index (χ4v) is 1.33. The van der Waals surface area contributed by atoms with Crippen molar-refractivity contribution in [3.8, 4) is 24.2 Å². The highest BCUT2D eigenvalue weighted by Crippen LogP contribution is 2.09. The van der Waals surface area contributed by atoms with E-state index in [2.05, 4.69) is 24.7 Å². The van der Waals surface area contributed by atoms with E-state index in [4.69, 9.17) is 6.42 Å². The van der Waals surface area contributed by atoms with Crippen molar-refractivity contribution in [3.63, 3.8) is 0 Å². The second kappa shape index (κ2) is 5.94. The molecule has 0 aliphatic carbocycles. The van der Waals surface area contributed by atoms with Gasteiger partial charge in [-0.25, -0.2) is 0 Å². The first-order valence-corrected chi connectivity index (χ1v) is 5.34. The van der Waals surface area contributed by atoms with Gasteiger partial charge >= 0.3 is 0 Å². The molecule has 0 atom stereocenters. The second-order valence-corrected chi connectivity index (χ2v) is 3.58. The minimum Gasteiger partial charge on any atom is -0.115 e. The lowest BCUT2D eigenvalue weighted by Crippen LogP contribution is -1.83. The molecule has 0 amide bonds. The minimum absolute atomic E-state index is 0.953. The smallest absolute Gasteiger partial charge is 0.0272 e. The first-order valence-electron chi connectivity index (χ1n) is 5.34. The summed E-state index contributed by atoms with van der Waals surface area (Å²) in [7, 11) is 0. The summed E-state index contributed by atoms with van der Waals surface area (Å²) in [5.74, 6) is 8.97. The van der Waals surface area contributed by atoms with Gasteiger partial charge in [-0.3, -0.25) is 0 Å². The molecule has 1 aromatic rings. The molecule has 0 fully saturated rings. The summed E-state index contributed by atoms with van der Waals surface area (Å²) in [6.07, 6.45) is 8.71. The maximum atomic E-state index is 5.35. The quantitative estimate of drug-likeness (QED) is 0.501. The number of hydrogen-bond donors (Lipinski definition) is 0. The number of rotatable bonds is 2. The van der Waals surface area contributed by atoms with Gasteiger partial charge in [0.15, 0.2) is 0 Å². The molecule has 0 heteroatoms. The Morgan fingerprint density at radius 1 is 1.33 bits per heavy atom. The summed E-state index contributed by atoms with van der Waals surface area (Å²) in [6.45, 7) is 4.19. The highest BCUT2D eigenvalue weighted by molar-refractivity contribution is 5.46. The first kappa shape index (κ1) is 11.4. The van der Waals surface area contributed by atoms with Gasteiger partial charge in [-0.1, -0.05) is 31.1 Å². The van der Waals surface area contributed by atoms with Gasteiger partial charge in [-0.2, -0.15) is 0 Å². The molecule has 1 rings (SSSR count). The summed E-state index contributed by atoms with van der Waals surface area (Å²) in [5, 5.41) is 0. The van der Waals surface area contributed by atoms with Crippen molar-refractivity contribution in [2.24, 2.45) is 0 Å². The van der Waals surface area contributed by atoms with Gasteiger partial charge in [-0.05, 0) is 37.1 Å². The van der Waals surface area contributed by atoms with Crippen LogP contribution in [-0.2, 0) is 0 Å². The molecule has 15 heavy (non-hydrogen) atoms. The monoisotopic (exact) mass is 196 g/mol. The molecule has 0 aliphatic heterocycles. The minimum atomic E-state index is 0.953. The Morgan fingerprint density at radius 3 is 2.73 bits per heavy atom. The van der Waals surface area contributed by atoms with E-state index in [0.29, 0.717) is 0 Å². The predicted molar refractivity (Wildman–Crippen MR) is 65.5 cm³/mol. The van der Waals surface area contributed by atoms with Crippen molar-refractivity contribution < 1.29 is 0 Å². The fourth-order valence-electron chi connectivity index (χ4n) is 1.33. The summed E-state index contributed by atoms with van der Waals surface area (Å²) in [5.41, 5.74) is 3.14. The second-order valence-electron chi connectivity index (χ2n) is 3.58. The van der Waals surface area contributed by atoms with E-state index in [1.807, 2.05) is 25.1 Å². The Balaban J connectivity index is 2.75. The van der Waals surface area contributed by atoms with Gasteiger partial charge in [0.2, 0.25) is 0 Å². The molecule has 0 radical (unpaired) electrons. The van der Waals surface area contributed by atoms with Crippen molar-refractivity contribution in [1.82, 2.24) is 0 Å². The third-order valence-electron chi connectivity index (χ3n) is 2.27.